The maximum atomic E-state index is 12.4. The third kappa shape index (κ3) is 4.79. The van der Waals surface area contributed by atoms with E-state index in [9.17, 15) is 9.59 Å². The van der Waals surface area contributed by atoms with Crippen LogP contribution in [-0.4, -0.2) is 31.1 Å². The average Bonchev–Trinajstić information content (AvgIpc) is 3.14. The molecule has 2 N–H and O–H groups in total. The lowest BCUT2D eigenvalue weighted by molar-refractivity contribution is -0.120. The van der Waals surface area contributed by atoms with Crippen LogP contribution in [0.4, 0.5) is 0 Å². The molecule has 1 aliphatic rings. The number of carbonyl (C=O) groups excluding carboxylic acids is 2. The monoisotopic (exact) mass is 418 g/mol. The van der Waals surface area contributed by atoms with E-state index in [0.717, 1.165) is 39.8 Å². The first-order chi connectivity index (χ1) is 15.0. The molecule has 4 rings (SSSR count). The number of ether oxygens (including phenoxy) is 2. The summed E-state index contributed by atoms with van der Waals surface area (Å²) in [5, 5.41) is 7.57. The van der Waals surface area contributed by atoms with Crippen molar-refractivity contribution < 1.29 is 19.1 Å². The van der Waals surface area contributed by atoms with Crippen molar-refractivity contribution in [1.82, 2.24) is 10.6 Å². The van der Waals surface area contributed by atoms with Gasteiger partial charge in [0.15, 0.2) is 0 Å². The van der Waals surface area contributed by atoms with Crippen LogP contribution < -0.4 is 20.1 Å². The van der Waals surface area contributed by atoms with Gasteiger partial charge in [-0.1, -0.05) is 30.3 Å². The number of carbonyl (C=O) groups is 2. The lowest BCUT2D eigenvalue weighted by Crippen LogP contribution is -2.36. The third-order valence-corrected chi connectivity index (χ3v) is 5.28. The van der Waals surface area contributed by atoms with E-state index in [1.54, 1.807) is 6.07 Å². The van der Waals surface area contributed by atoms with Gasteiger partial charge in [0.25, 0.3) is 5.91 Å². The Morgan fingerprint density at radius 2 is 1.87 bits per heavy atom. The second-order valence-corrected chi connectivity index (χ2v) is 7.65. The van der Waals surface area contributed by atoms with Gasteiger partial charge < -0.3 is 20.1 Å². The highest BCUT2D eigenvalue weighted by atomic mass is 16.5. The molecule has 0 spiro atoms. The number of hydrogen-bond donors (Lipinski definition) is 2. The minimum atomic E-state index is -0.282. The first kappa shape index (κ1) is 20.7. The van der Waals surface area contributed by atoms with E-state index in [0.29, 0.717) is 18.7 Å². The molecule has 3 aromatic carbocycles. The first-order valence-corrected chi connectivity index (χ1v) is 10.5. The summed E-state index contributed by atoms with van der Waals surface area (Å²) in [4.78, 5) is 24.8. The molecule has 0 saturated heterocycles. The number of fused-ring (bicyclic) bond motifs is 2. The fourth-order valence-electron chi connectivity index (χ4n) is 3.76. The van der Waals surface area contributed by atoms with Crippen LogP contribution >= 0.6 is 0 Å². The summed E-state index contributed by atoms with van der Waals surface area (Å²) >= 11 is 0. The minimum absolute atomic E-state index is 0.103. The molecule has 3 aromatic rings. The fourth-order valence-corrected chi connectivity index (χ4v) is 3.76. The Labute approximate surface area is 181 Å². The van der Waals surface area contributed by atoms with Crippen molar-refractivity contribution in [3.05, 3.63) is 71.3 Å². The van der Waals surface area contributed by atoms with Gasteiger partial charge in [-0.05, 0) is 48.9 Å². The molecule has 1 atom stereocenters. The molecule has 1 unspecified atom stereocenters. The van der Waals surface area contributed by atoms with Crippen LogP contribution in [0.15, 0.2) is 54.6 Å². The molecule has 0 radical (unpaired) electrons. The van der Waals surface area contributed by atoms with Gasteiger partial charge in [-0.15, -0.1) is 0 Å². The summed E-state index contributed by atoms with van der Waals surface area (Å²) in [6.07, 6.45) is 0.989. The van der Waals surface area contributed by atoms with E-state index >= 15 is 0 Å². The van der Waals surface area contributed by atoms with Crippen molar-refractivity contribution in [3.8, 4) is 11.5 Å². The van der Waals surface area contributed by atoms with Gasteiger partial charge >= 0.3 is 0 Å². The molecule has 0 bridgehead atoms. The first-order valence-electron chi connectivity index (χ1n) is 10.5. The molecule has 0 aromatic heterocycles. The fraction of sp³-hybridized carbons (Fsp3) is 0.280. The molecular formula is C25H26N2O4. The summed E-state index contributed by atoms with van der Waals surface area (Å²) < 4.78 is 11.6. The number of nitrogens with one attached hydrogen (secondary N) is 2. The lowest BCUT2D eigenvalue weighted by Gasteiger charge is -2.13. The molecule has 2 amide bonds. The Morgan fingerprint density at radius 1 is 1.06 bits per heavy atom. The van der Waals surface area contributed by atoms with Crippen molar-refractivity contribution in [2.45, 2.75) is 32.9 Å². The molecule has 1 heterocycles. The quantitative estimate of drug-likeness (QED) is 0.615. The van der Waals surface area contributed by atoms with Crippen molar-refractivity contribution >= 4 is 22.6 Å². The summed E-state index contributed by atoms with van der Waals surface area (Å²) in [6, 6.07) is 17.2. The Kier molecular flexibility index (Phi) is 6.07. The van der Waals surface area contributed by atoms with Crippen LogP contribution in [0, 0.1) is 0 Å². The van der Waals surface area contributed by atoms with Crippen LogP contribution in [0.25, 0.3) is 10.8 Å². The normalized spacial score (nSPS) is 14.6. The molecule has 0 fully saturated rings. The third-order valence-electron chi connectivity index (χ3n) is 5.28. The van der Waals surface area contributed by atoms with Crippen LogP contribution in [0.1, 0.15) is 35.3 Å². The Balaban J connectivity index is 1.35. The van der Waals surface area contributed by atoms with Crippen molar-refractivity contribution in [1.29, 1.82) is 0 Å². The molecule has 6 heteroatoms. The zero-order valence-corrected chi connectivity index (χ0v) is 17.7. The van der Waals surface area contributed by atoms with E-state index in [1.165, 1.54) is 0 Å². The zero-order chi connectivity index (χ0) is 21.8. The largest absolute Gasteiger partial charge is 0.494 e. The van der Waals surface area contributed by atoms with Gasteiger partial charge in [0, 0.05) is 29.7 Å². The van der Waals surface area contributed by atoms with Crippen LogP contribution in [0.5, 0.6) is 11.5 Å². The number of hydrogen-bond acceptors (Lipinski definition) is 4. The molecule has 1 aliphatic heterocycles. The zero-order valence-electron chi connectivity index (χ0n) is 17.7. The highest BCUT2D eigenvalue weighted by Gasteiger charge is 2.22. The van der Waals surface area contributed by atoms with E-state index in [2.05, 4.69) is 10.6 Å². The predicted molar refractivity (Wildman–Crippen MR) is 120 cm³/mol. The standard InChI is InChI=1S/C25H26N2O4/c1-3-30-22-12-20-10-16(2)31-23(20)13-21(22)14-26-24(28)15-27-25(29)19-9-8-17-6-4-5-7-18(17)11-19/h4-9,11-13,16H,3,10,14-15H2,1-2H3,(H,26,28)(H,27,29). The van der Waals surface area contributed by atoms with E-state index < -0.39 is 0 Å². The Bertz CT molecular complexity index is 1130. The summed E-state index contributed by atoms with van der Waals surface area (Å²) in [5.41, 5.74) is 2.49. The van der Waals surface area contributed by atoms with E-state index in [-0.39, 0.29) is 24.5 Å². The number of amides is 2. The second-order valence-electron chi connectivity index (χ2n) is 7.65. The highest BCUT2D eigenvalue weighted by molar-refractivity contribution is 6.00. The number of benzene rings is 3. The molecule has 31 heavy (non-hydrogen) atoms. The van der Waals surface area contributed by atoms with Gasteiger partial charge in [-0.3, -0.25) is 9.59 Å². The highest BCUT2D eigenvalue weighted by Crippen LogP contribution is 2.35. The van der Waals surface area contributed by atoms with Gasteiger partial charge in [-0.25, -0.2) is 0 Å². The van der Waals surface area contributed by atoms with Crippen LogP contribution in [-0.2, 0) is 17.8 Å². The van der Waals surface area contributed by atoms with Gasteiger partial charge in [0.2, 0.25) is 5.91 Å². The second kappa shape index (κ2) is 9.08. The van der Waals surface area contributed by atoms with Crippen LogP contribution in [0.3, 0.4) is 0 Å². The minimum Gasteiger partial charge on any atom is -0.494 e. The molecule has 0 saturated carbocycles. The molecular weight excluding hydrogens is 392 g/mol. The molecule has 6 nitrogen and oxygen atoms in total. The predicted octanol–water partition coefficient (Wildman–Crippen LogP) is 3.61. The SMILES string of the molecule is CCOc1cc2c(cc1CNC(=O)CNC(=O)c1ccc3ccccc3c1)OC(C)C2. The number of rotatable bonds is 7. The Hall–Kier alpha value is -3.54. The molecule has 160 valence electrons. The smallest absolute Gasteiger partial charge is 0.251 e. The Morgan fingerprint density at radius 3 is 2.68 bits per heavy atom. The summed E-state index contributed by atoms with van der Waals surface area (Å²) in [5.74, 6) is 1.03. The van der Waals surface area contributed by atoms with Gasteiger partial charge in [0.05, 0.1) is 13.2 Å². The maximum Gasteiger partial charge on any atom is 0.251 e. The van der Waals surface area contributed by atoms with Crippen molar-refractivity contribution in [2.24, 2.45) is 0 Å². The van der Waals surface area contributed by atoms with Gasteiger partial charge in [-0.2, -0.15) is 0 Å². The van der Waals surface area contributed by atoms with Gasteiger partial charge in [0.1, 0.15) is 17.6 Å². The van der Waals surface area contributed by atoms with Crippen LogP contribution in [0.2, 0.25) is 0 Å². The lowest BCUT2D eigenvalue weighted by atomic mass is 10.1. The summed E-state index contributed by atoms with van der Waals surface area (Å²) in [7, 11) is 0. The van der Waals surface area contributed by atoms with E-state index in [1.807, 2.05) is 62.4 Å². The average molecular weight is 418 g/mol. The summed E-state index contributed by atoms with van der Waals surface area (Å²) in [6.45, 7) is 4.69. The molecule has 0 aliphatic carbocycles. The van der Waals surface area contributed by atoms with Crippen molar-refractivity contribution in [2.75, 3.05) is 13.2 Å². The topological polar surface area (TPSA) is 76.7 Å². The van der Waals surface area contributed by atoms with Crippen molar-refractivity contribution in [3.63, 3.8) is 0 Å². The maximum absolute atomic E-state index is 12.4. The van der Waals surface area contributed by atoms with E-state index in [4.69, 9.17) is 9.47 Å².